The minimum atomic E-state index is -1.27. The maximum Gasteiger partial charge on any atom is 0.336 e. The normalized spacial score (nSPS) is 16.3. The summed E-state index contributed by atoms with van der Waals surface area (Å²) in [6, 6.07) is 22.7. The molecule has 0 saturated carbocycles. The lowest BCUT2D eigenvalue weighted by atomic mass is 9.90. The molecule has 3 heterocycles. The number of fused-ring (bicyclic) bond motifs is 3. The number of carboxylic acids is 1. The lowest BCUT2D eigenvalue weighted by molar-refractivity contribution is -0.122. The number of amides is 6. The highest BCUT2D eigenvalue weighted by Gasteiger charge is 2.42. The van der Waals surface area contributed by atoms with Crippen molar-refractivity contribution in [2.75, 3.05) is 64.1 Å². The van der Waals surface area contributed by atoms with Gasteiger partial charge in [0.15, 0.2) is 5.43 Å². The summed E-state index contributed by atoms with van der Waals surface area (Å²) in [4.78, 5) is 87.5. The van der Waals surface area contributed by atoms with Gasteiger partial charge < -0.3 is 56.0 Å². The van der Waals surface area contributed by atoms with Crippen LogP contribution in [0.5, 0.6) is 5.75 Å². The number of ether oxygens (including phenoxy) is 2. The van der Waals surface area contributed by atoms with Gasteiger partial charge in [-0.15, -0.1) is 11.8 Å². The molecule has 388 valence electrons. The number of nitrogens with one attached hydrogen (secondary N) is 6. The average Bonchev–Trinajstić information content (AvgIpc) is 3.94. The van der Waals surface area contributed by atoms with E-state index in [4.69, 9.17) is 13.9 Å². The van der Waals surface area contributed by atoms with Gasteiger partial charge in [0.25, 0.3) is 5.91 Å². The third-order valence-electron chi connectivity index (χ3n) is 12.4. The first-order chi connectivity index (χ1) is 35.4. The summed E-state index contributed by atoms with van der Waals surface area (Å²) in [5.41, 5.74) is 2.01. The molecule has 3 aromatic rings. The number of phenols is 1. The number of rotatable bonds is 29. The molecule has 0 radical (unpaired) electrons. The molecule has 4 atom stereocenters. The van der Waals surface area contributed by atoms with Crippen LogP contribution < -0.4 is 37.3 Å². The molecule has 1 aliphatic carbocycles. The second-order valence-corrected chi connectivity index (χ2v) is 20.2. The Labute approximate surface area is 431 Å². The molecule has 3 aliphatic heterocycles. The van der Waals surface area contributed by atoms with Crippen molar-refractivity contribution in [3.8, 4) is 28.2 Å². The third kappa shape index (κ3) is 15.7. The van der Waals surface area contributed by atoms with Gasteiger partial charge in [-0.3, -0.25) is 24.0 Å². The summed E-state index contributed by atoms with van der Waals surface area (Å²) in [6.45, 7) is 2.42. The van der Waals surface area contributed by atoms with E-state index in [1.807, 2.05) is 42.1 Å². The monoisotopic (exact) mass is 1040 g/mol. The van der Waals surface area contributed by atoms with E-state index in [9.17, 15) is 43.8 Å². The average molecular weight is 1040 g/mol. The number of urea groups is 1. The Morgan fingerprint density at radius 2 is 1.47 bits per heavy atom. The highest BCUT2D eigenvalue weighted by atomic mass is 32.2. The number of hydrogen-bond acceptors (Lipinski definition) is 13. The fourth-order valence-electron chi connectivity index (χ4n) is 8.78. The first-order valence-corrected chi connectivity index (χ1v) is 26.7. The summed E-state index contributed by atoms with van der Waals surface area (Å²) >= 11 is 3.28. The Bertz CT molecular complexity index is 2740. The van der Waals surface area contributed by atoms with Gasteiger partial charge >= 0.3 is 12.0 Å². The van der Waals surface area contributed by atoms with Gasteiger partial charge in [0.05, 0.1) is 44.1 Å². The number of carbonyl (C=O) groups is 6. The van der Waals surface area contributed by atoms with Crippen molar-refractivity contribution in [3.05, 3.63) is 112 Å². The Morgan fingerprint density at radius 1 is 0.740 bits per heavy atom. The number of phenolic OH excluding ortho intramolecular Hbond substituents is 1. The summed E-state index contributed by atoms with van der Waals surface area (Å²) in [7, 11) is 0. The molecule has 0 spiro atoms. The van der Waals surface area contributed by atoms with Crippen molar-refractivity contribution in [1.29, 1.82) is 0 Å². The van der Waals surface area contributed by atoms with Crippen LogP contribution in [0.25, 0.3) is 33.4 Å². The molecule has 4 aliphatic rings. The number of aromatic hydroxyl groups is 1. The fourth-order valence-corrected chi connectivity index (χ4v) is 11.5. The van der Waals surface area contributed by atoms with Crippen LogP contribution in [0.3, 0.4) is 0 Å². The lowest BCUT2D eigenvalue weighted by Gasteiger charge is -2.17. The molecular weight excluding hydrogens is 977 g/mol. The molecule has 6 amide bonds. The number of unbranched alkanes of at least 4 members (excludes halogenated alkanes) is 3. The number of carboxylic acid groups (broad SMARTS) is 1. The van der Waals surface area contributed by atoms with Crippen molar-refractivity contribution in [2.24, 2.45) is 0 Å². The second-order valence-electron chi connectivity index (χ2n) is 17.7. The predicted molar refractivity (Wildman–Crippen MR) is 280 cm³/mol. The third-order valence-corrected chi connectivity index (χ3v) is 15.2. The highest BCUT2D eigenvalue weighted by molar-refractivity contribution is 8.00. The van der Waals surface area contributed by atoms with Crippen LogP contribution in [0.15, 0.2) is 94.1 Å². The van der Waals surface area contributed by atoms with Crippen molar-refractivity contribution in [2.45, 2.75) is 74.0 Å². The Morgan fingerprint density at radius 3 is 2.22 bits per heavy atom. The molecule has 8 N–H and O–H groups in total. The number of aromatic carboxylic acids is 1. The number of carbonyl (C=O) groups excluding carboxylic acids is 5. The number of benzene rings is 4. The van der Waals surface area contributed by atoms with Crippen LogP contribution >= 0.6 is 23.5 Å². The van der Waals surface area contributed by atoms with E-state index in [1.165, 1.54) is 54.2 Å². The second kappa shape index (κ2) is 27.4. The molecule has 0 bridgehead atoms. The van der Waals surface area contributed by atoms with Gasteiger partial charge in [0.1, 0.15) is 22.3 Å². The minimum absolute atomic E-state index is 0.0532. The van der Waals surface area contributed by atoms with E-state index in [1.54, 1.807) is 12.1 Å². The predicted octanol–water partition coefficient (Wildman–Crippen LogP) is 5.84. The Balaban J connectivity index is 0.727. The van der Waals surface area contributed by atoms with E-state index in [2.05, 4.69) is 31.9 Å². The largest absolute Gasteiger partial charge is 0.508 e. The van der Waals surface area contributed by atoms with Gasteiger partial charge in [-0.05, 0) is 79.6 Å². The summed E-state index contributed by atoms with van der Waals surface area (Å²) in [6.07, 6.45) is 6.00. The van der Waals surface area contributed by atoms with E-state index < -0.39 is 17.1 Å². The molecule has 73 heavy (non-hydrogen) atoms. The van der Waals surface area contributed by atoms with Crippen LogP contribution in [-0.4, -0.2) is 127 Å². The fraction of sp³-hybridized carbons (Fsp3) is 0.415. The SMILES string of the molecule is O=C(CCCCC1SC[C@@H]2NC(=O)N[C@H]12)NCCCCCNC(=O)CCSC(C(=O)NCCOCCOCCNC(=O)c1ccc(-c2c3ccc(=O)cc-3oc3cc(O)ccc23)c(C(=O)O)c1)c1ccccc1. The van der Waals surface area contributed by atoms with Gasteiger partial charge in [-0.2, -0.15) is 11.8 Å². The van der Waals surface area contributed by atoms with Crippen LogP contribution in [0.4, 0.5) is 4.79 Å². The van der Waals surface area contributed by atoms with Crippen molar-refractivity contribution in [3.63, 3.8) is 0 Å². The Hall–Kier alpha value is -6.61. The highest BCUT2D eigenvalue weighted by Crippen LogP contribution is 2.42. The molecular formula is C53H62N6O12S2. The zero-order valence-electron chi connectivity index (χ0n) is 40.4. The quantitative estimate of drug-likeness (QED) is 0.0159. The number of hydrogen-bond donors (Lipinski definition) is 8. The summed E-state index contributed by atoms with van der Waals surface area (Å²) in [5, 5.41) is 38.3. The van der Waals surface area contributed by atoms with Crippen LogP contribution in [0.1, 0.15) is 82.9 Å². The molecule has 2 saturated heterocycles. The molecule has 7 rings (SSSR count). The van der Waals surface area contributed by atoms with E-state index in [0.29, 0.717) is 52.6 Å². The van der Waals surface area contributed by atoms with Crippen molar-refractivity contribution in [1.82, 2.24) is 31.9 Å². The van der Waals surface area contributed by atoms with Gasteiger partial charge in [0.2, 0.25) is 17.7 Å². The van der Waals surface area contributed by atoms with E-state index >= 15 is 0 Å². The Kier molecular flexibility index (Phi) is 20.4. The lowest BCUT2D eigenvalue weighted by Crippen LogP contribution is -2.36. The smallest absolute Gasteiger partial charge is 0.336 e. The molecule has 3 aromatic carbocycles. The van der Waals surface area contributed by atoms with Gasteiger partial charge in [-0.1, -0.05) is 42.8 Å². The summed E-state index contributed by atoms with van der Waals surface area (Å²) < 4.78 is 17.1. The maximum absolute atomic E-state index is 13.3. The van der Waals surface area contributed by atoms with Crippen molar-refractivity contribution >= 4 is 70.1 Å². The van der Waals surface area contributed by atoms with E-state index in [0.717, 1.165) is 49.8 Å². The van der Waals surface area contributed by atoms with Gasteiger partial charge in [-0.25, -0.2) is 9.59 Å². The standard InChI is InChI=1S/C53H62N6O12S2/c60-35-14-17-38-42(30-35)71-43-31-36(61)15-18-39(43)47(38)37-16-13-34(29-40(37)52(66)67)50(64)56-22-24-69-26-27-70-25-23-57-51(65)49(33-9-3-1-4-10-33)72-28-19-46(63)55-21-8-2-7-20-54-45(62)12-6-5-11-44-48-41(32-73-44)58-53(68)59-48/h1,3-4,9-10,13-18,29-31,41,44,48-49,60H,2,5-8,11-12,19-28,32H2,(H,54,62)(H,55,63)(H,56,64)(H,57,65)(H,66,67)(H2,58,59,68)/t41-,44?,48-,49?/m0/s1. The minimum Gasteiger partial charge on any atom is -0.508 e. The molecule has 2 fully saturated rings. The zero-order valence-corrected chi connectivity index (χ0v) is 42.0. The molecule has 20 heteroatoms. The molecule has 0 aromatic heterocycles. The van der Waals surface area contributed by atoms with Crippen LogP contribution in [-0.2, 0) is 23.9 Å². The number of thioether (sulfide) groups is 2. The maximum atomic E-state index is 13.3. The van der Waals surface area contributed by atoms with Gasteiger partial charge in [0, 0.05) is 90.0 Å². The topological polar surface area (TPSA) is 264 Å². The van der Waals surface area contributed by atoms with Crippen molar-refractivity contribution < 1.29 is 52.9 Å². The summed E-state index contributed by atoms with van der Waals surface area (Å²) in [5.74, 6) is -0.465. The first kappa shape index (κ1) is 54.2. The zero-order chi connectivity index (χ0) is 51.5. The molecule has 2 unspecified atom stereocenters. The van der Waals surface area contributed by atoms with Crippen LogP contribution in [0, 0.1) is 0 Å². The van der Waals surface area contributed by atoms with E-state index in [-0.39, 0.29) is 115 Å². The molecule has 18 nitrogen and oxygen atoms in total. The first-order valence-electron chi connectivity index (χ1n) is 24.6. The van der Waals surface area contributed by atoms with Crippen LogP contribution in [0.2, 0.25) is 0 Å².